The van der Waals surface area contributed by atoms with E-state index < -0.39 is 5.97 Å². The fraction of sp³-hybridized carbons (Fsp3) is 0.231. The summed E-state index contributed by atoms with van der Waals surface area (Å²) in [6, 6.07) is 19.6. The number of para-hydroxylation sites is 1. The van der Waals surface area contributed by atoms with E-state index in [1.165, 1.54) is 7.11 Å². The summed E-state index contributed by atoms with van der Waals surface area (Å²) in [6.07, 6.45) is 2.83. The number of aryl methyl sites for hydroxylation is 2. The van der Waals surface area contributed by atoms with Crippen molar-refractivity contribution in [3.63, 3.8) is 0 Å². The lowest BCUT2D eigenvalue weighted by molar-refractivity contribution is 0.0602. The molecule has 0 atom stereocenters. The zero-order valence-corrected chi connectivity index (χ0v) is 18.7. The van der Waals surface area contributed by atoms with Crippen molar-refractivity contribution in [2.45, 2.75) is 33.1 Å². The van der Waals surface area contributed by atoms with E-state index >= 15 is 0 Å². The zero-order chi connectivity index (χ0) is 22.0. The van der Waals surface area contributed by atoms with Crippen molar-refractivity contribution in [1.29, 1.82) is 0 Å². The van der Waals surface area contributed by atoms with Crippen LogP contribution in [0.25, 0.3) is 27.8 Å². The fourth-order valence-electron chi connectivity index (χ4n) is 4.00. The van der Waals surface area contributed by atoms with Gasteiger partial charge >= 0.3 is 5.97 Å². The molecule has 4 nitrogen and oxygen atoms in total. The molecule has 158 valence electrons. The summed E-state index contributed by atoms with van der Waals surface area (Å²) >= 11 is 6.59. The van der Waals surface area contributed by atoms with Crippen LogP contribution >= 0.6 is 11.6 Å². The quantitative estimate of drug-likeness (QED) is 0.315. The fourth-order valence-corrected chi connectivity index (χ4v) is 4.22. The van der Waals surface area contributed by atoms with Crippen LogP contribution in [0.15, 0.2) is 60.7 Å². The normalized spacial score (nSPS) is 11.1. The van der Waals surface area contributed by atoms with E-state index in [-0.39, 0.29) is 0 Å². The van der Waals surface area contributed by atoms with Crippen molar-refractivity contribution >= 4 is 28.6 Å². The summed E-state index contributed by atoms with van der Waals surface area (Å²) in [6.45, 7) is 4.21. The molecular weight excluding hydrogens is 408 g/mol. The number of unbranched alkanes of at least 4 members (excludes halogenated alkanes) is 1. The first-order chi connectivity index (χ1) is 15.1. The van der Waals surface area contributed by atoms with Crippen LogP contribution in [0.1, 0.15) is 41.5 Å². The Hall–Kier alpha value is -3.11. The number of halogens is 1. The smallest absolute Gasteiger partial charge is 0.340 e. The Kier molecular flexibility index (Phi) is 6.10. The molecular formula is C26H25ClN2O2. The summed E-state index contributed by atoms with van der Waals surface area (Å²) < 4.78 is 7.20. The first-order valence-electron chi connectivity index (χ1n) is 10.5. The molecule has 0 N–H and O–H groups in total. The Labute approximate surface area is 187 Å². The number of fused-ring (bicyclic) bond motifs is 1. The molecule has 4 aromatic rings. The molecule has 1 aromatic heterocycles. The molecule has 0 fully saturated rings. The van der Waals surface area contributed by atoms with Gasteiger partial charge in [-0.3, -0.25) is 4.57 Å². The average Bonchev–Trinajstić information content (AvgIpc) is 3.18. The number of imidazole rings is 1. The van der Waals surface area contributed by atoms with Crippen LogP contribution in [0.5, 0.6) is 0 Å². The van der Waals surface area contributed by atoms with Crippen LogP contribution < -0.4 is 0 Å². The lowest BCUT2D eigenvalue weighted by Gasteiger charge is -2.15. The van der Waals surface area contributed by atoms with Crippen molar-refractivity contribution < 1.29 is 9.53 Å². The molecule has 3 aromatic carbocycles. The highest BCUT2D eigenvalue weighted by Crippen LogP contribution is 2.36. The number of rotatable bonds is 6. The van der Waals surface area contributed by atoms with E-state index in [0.29, 0.717) is 10.6 Å². The minimum atomic E-state index is -0.391. The number of hydrogen-bond acceptors (Lipinski definition) is 3. The minimum Gasteiger partial charge on any atom is -0.465 e. The molecule has 0 aliphatic heterocycles. The lowest BCUT2D eigenvalue weighted by Crippen LogP contribution is -2.08. The molecule has 0 spiro atoms. The second kappa shape index (κ2) is 8.94. The Balaban J connectivity index is 2.12. The van der Waals surface area contributed by atoms with Crippen LogP contribution in [0, 0.1) is 6.92 Å². The highest BCUT2D eigenvalue weighted by molar-refractivity contribution is 6.32. The zero-order valence-electron chi connectivity index (χ0n) is 18.0. The first kappa shape index (κ1) is 21.1. The standard InChI is InChI=1S/C26H25ClN2O2/c1-4-5-15-23-28-24-17(2)19(18-11-7-6-8-12-18)16-20(26(30)31-3)25(24)29(23)22-14-10-9-13-21(22)27/h6-14,16H,4-5,15H2,1-3H3. The van der Waals surface area contributed by atoms with Crippen molar-refractivity contribution in [1.82, 2.24) is 9.55 Å². The average molecular weight is 433 g/mol. The Bertz CT molecular complexity index is 1250. The molecule has 0 unspecified atom stereocenters. The van der Waals surface area contributed by atoms with Gasteiger partial charge in [0.05, 0.1) is 34.4 Å². The third-order valence-corrected chi connectivity index (χ3v) is 5.91. The molecule has 0 aliphatic carbocycles. The van der Waals surface area contributed by atoms with Crippen molar-refractivity contribution in [2.75, 3.05) is 7.11 Å². The van der Waals surface area contributed by atoms with Gasteiger partial charge in [-0.25, -0.2) is 9.78 Å². The number of ether oxygens (including phenoxy) is 1. The van der Waals surface area contributed by atoms with Gasteiger partial charge in [-0.1, -0.05) is 67.4 Å². The van der Waals surface area contributed by atoms with E-state index in [0.717, 1.165) is 58.5 Å². The van der Waals surface area contributed by atoms with E-state index in [2.05, 4.69) is 13.8 Å². The number of hydrogen-bond donors (Lipinski definition) is 0. The number of methoxy groups -OCH3 is 1. The molecule has 0 bridgehead atoms. The van der Waals surface area contributed by atoms with Crippen molar-refractivity contribution in [2.24, 2.45) is 0 Å². The molecule has 4 rings (SSSR count). The number of carbonyl (C=O) groups excluding carboxylic acids is 1. The van der Waals surface area contributed by atoms with Crippen molar-refractivity contribution in [3.8, 4) is 16.8 Å². The maximum atomic E-state index is 12.9. The second-order valence-electron chi connectivity index (χ2n) is 7.57. The van der Waals surface area contributed by atoms with Crippen LogP contribution in [-0.4, -0.2) is 22.6 Å². The Morgan fingerprint density at radius 3 is 2.48 bits per heavy atom. The highest BCUT2D eigenvalue weighted by Gasteiger charge is 2.24. The van der Waals surface area contributed by atoms with E-state index in [1.807, 2.05) is 65.2 Å². The summed E-state index contributed by atoms with van der Waals surface area (Å²) in [5.74, 6) is 0.501. The number of aromatic nitrogens is 2. The van der Waals surface area contributed by atoms with Gasteiger partial charge in [0.1, 0.15) is 5.82 Å². The number of nitrogens with zero attached hydrogens (tertiary/aromatic N) is 2. The molecule has 0 amide bonds. The topological polar surface area (TPSA) is 44.1 Å². The summed E-state index contributed by atoms with van der Waals surface area (Å²) in [5, 5.41) is 0.611. The summed E-state index contributed by atoms with van der Waals surface area (Å²) in [4.78, 5) is 17.9. The Morgan fingerprint density at radius 1 is 1.10 bits per heavy atom. The number of esters is 1. The maximum Gasteiger partial charge on any atom is 0.340 e. The van der Waals surface area contributed by atoms with Crippen LogP contribution in [0.2, 0.25) is 5.02 Å². The molecule has 5 heteroatoms. The number of carbonyl (C=O) groups is 1. The molecule has 31 heavy (non-hydrogen) atoms. The predicted octanol–water partition coefficient (Wildman–Crippen LogP) is 6.78. The third-order valence-electron chi connectivity index (χ3n) is 5.59. The predicted molar refractivity (Wildman–Crippen MR) is 126 cm³/mol. The lowest BCUT2D eigenvalue weighted by atomic mass is 9.96. The van der Waals surface area contributed by atoms with Gasteiger partial charge in [0.25, 0.3) is 0 Å². The SMILES string of the molecule is CCCCc1nc2c(C)c(-c3ccccc3)cc(C(=O)OC)c2n1-c1ccccc1Cl. The van der Waals surface area contributed by atoms with Crippen LogP contribution in [-0.2, 0) is 11.2 Å². The van der Waals surface area contributed by atoms with E-state index in [4.69, 9.17) is 21.3 Å². The van der Waals surface area contributed by atoms with Gasteiger partial charge in [-0.15, -0.1) is 0 Å². The summed E-state index contributed by atoms with van der Waals surface area (Å²) in [7, 11) is 1.41. The van der Waals surface area contributed by atoms with E-state index in [1.54, 1.807) is 0 Å². The van der Waals surface area contributed by atoms with Gasteiger partial charge in [-0.2, -0.15) is 0 Å². The molecule has 1 heterocycles. The van der Waals surface area contributed by atoms with Crippen molar-refractivity contribution in [3.05, 3.63) is 82.6 Å². The largest absolute Gasteiger partial charge is 0.465 e. The Morgan fingerprint density at radius 2 is 1.81 bits per heavy atom. The minimum absolute atomic E-state index is 0.391. The van der Waals surface area contributed by atoms with Crippen LogP contribution in [0.3, 0.4) is 0 Å². The maximum absolute atomic E-state index is 12.9. The van der Waals surface area contributed by atoms with Gasteiger partial charge in [0.2, 0.25) is 0 Å². The molecule has 0 radical (unpaired) electrons. The van der Waals surface area contributed by atoms with Gasteiger partial charge in [0.15, 0.2) is 0 Å². The van der Waals surface area contributed by atoms with Gasteiger partial charge < -0.3 is 4.74 Å². The number of benzene rings is 3. The molecule has 0 saturated carbocycles. The van der Waals surface area contributed by atoms with Gasteiger partial charge in [0, 0.05) is 6.42 Å². The summed E-state index contributed by atoms with van der Waals surface area (Å²) in [5.41, 5.74) is 5.87. The van der Waals surface area contributed by atoms with Crippen LogP contribution in [0.4, 0.5) is 0 Å². The third kappa shape index (κ3) is 3.84. The highest BCUT2D eigenvalue weighted by atomic mass is 35.5. The van der Waals surface area contributed by atoms with E-state index in [9.17, 15) is 4.79 Å². The molecule has 0 aliphatic rings. The first-order valence-corrected chi connectivity index (χ1v) is 10.9. The van der Waals surface area contributed by atoms with Gasteiger partial charge in [-0.05, 0) is 48.2 Å². The second-order valence-corrected chi connectivity index (χ2v) is 7.98. The monoisotopic (exact) mass is 432 g/mol. The molecule has 0 saturated heterocycles.